The average Bonchev–Trinajstić information content (AvgIpc) is 2.70. The number of hydrogen-bond acceptors (Lipinski definition) is 4. The van der Waals surface area contributed by atoms with Crippen LogP contribution in [0.25, 0.3) is 0 Å². The summed E-state index contributed by atoms with van der Waals surface area (Å²) in [6.45, 7) is 1.06. The summed E-state index contributed by atoms with van der Waals surface area (Å²) in [5.41, 5.74) is 0. The largest absolute Gasteiger partial charge is 0.385 e. The molecule has 0 aliphatic carbocycles. The van der Waals surface area contributed by atoms with Crippen LogP contribution in [0, 0.1) is 0 Å². The third-order valence-corrected chi connectivity index (χ3v) is 3.28. The van der Waals surface area contributed by atoms with Crippen molar-refractivity contribution in [2.45, 2.75) is 17.7 Å². The molecule has 1 aromatic heterocycles. The molecule has 0 bridgehead atoms. The van der Waals surface area contributed by atoms with E-state index in [9.17, 15) is 8.42 Å². The Kier molecular flexibility index (Phi) is 4.73. The lowest BCUT2D eigenvalue weighted by atomic mass is 10.3. The number of unbranched alkanes of at least 4 members (excludes halogenated alkanes) is 1. The quantitative estimate of drug-likeness (QED) is 0.655. The number of rotatable bonds is 7. The first kappa shape index (κ1) is 12.2. The minimum absolute atomic E-state index is 0.161. The molecule has 0 unspecified atom stereocenters. The molecular formula is C8H15N3O3S. The Balaban J connectivity index is 2.32. The van der Waals surface area contributed by atoms with E-state index in [1.807, 2.05) is 0 Å². The smallest absolute Gasteiger partial charge is 0.243 e. The van der Waals surface area contributed by atoms with Gasteiger partial charge in [-0.15, -0.1) is 0 Å². The number of nitrogens with zero attached hydrogens (tertiary/aromatic N) is 1. The molecule has 0 aromatic carbocycles. The van der Waals surface area contributed by atoms with Crippen LogP contribution < -0.4 is 4.72 Å². The van der Waals surface area contributed by atoms with Gasteiger partial charge < -0.3 is 4.74 Å². The molecule has 0 radical (unpaired) electrons. The lowest BCUT2D eigenvalue weighted by molar-refractivity contribution is 0.193. The van der Waals surface area contributed by atoms with Crippen LogP contribution in [-0.4, -0.2) is 38.9 Å². The summed E-state index contributed by atoms with van der Waals surface area (Å²) in [5, 5.41) is 6.04. The molecule has 0 spiro atoms. The molecule has 1 heterocycles. The van der Waals surface area contributed by atoms with Gasteiger partial charge in [0.15, 0.2) is 0 Å². The van der Waals surface area contributed by atoms with Gasteiger partial charge in [0.25, 0.3) is 0 Å². The zero-order chi connectivity index (χ0) is 11.1. The number of H-pyrrole nitrogens is 1. The third-order valence-electron chi connectivity index (χ3n) is 1.85. The van der Waals surface area contributed by atoms with Crippen molar-refractivity contribution < 1.29 is 13.2 Å². The standard InChI is InChI=1S/C8H15N3O3S/c1-14-5-3-2-4-11-15(12,13)8-6-9-10-7-8/h6-7,11H,2-5H2,1H3,(H,9,10). The summed E-state index contributed by atoms with van der Waals surface area (Å²) in [6, 6.07) is 0. The van der Waals surface area contributed by atoms with Crippen LogP contribution in [0.1, 0.15) is 12.8 Å². The molecule has 7 heteroatoms. The minimum atomic E-state index is -3.39. The van der Waals surface area contributed by atoms with E-state index in [4.69, 9.17) is 4.74 Å². The van der Waals surface area contributed by atoms with Crippen LogP contribution in [0.4, 0.5) is 0 Å². The molecule has 1 aromatic rings. The van der Waals surface area contributed by atoms with Crippen molar-refractivity contribution in [2.24, 2.45) is 0 Å². The Morgan fingerprint density at radius 2 is 2.33 bits per heavy atom. The number of hydrogen-bond donors (Lipinski definition) is 2. The number of aromatic amines is 1. The van der Waals surface area contributed by atoms with E-state index < -0.39 is 10.0 Å². The molecule has 1 rings (SSSR count). The molecule has 0 fully saturated rings. The first-order chi connectivity index (χ1) is 7.17. The number of aromatic nitrogens is 2. The predicted octanol–water partition coefficient (Wildman–Crippen LogP) is 0.115. The van der Waals surface area contributed by atoms with E-state index in [1.165, 1.54) is 12.4 Å². The van der Waals surface area contributed by atoms with E-state index in [2.05, 4.69) is 14.9 Å². The Labute approximate surface area is 89.1 Å². The Morgan fingerprint density at radius 3 is 2.93 bits per heavy atom. The van der Waals surface area contributed by atoms with Gasteiger partial charge >= 0.3 is 0 Å². The van der Waals surface area contributed by atoms with Crippen LogP contribution >= 0.6 is 0 Å². The number of nitrogens with one attached hydrogen (secondary N) is 2. The van der Waals surface area contributed by atoms with E-state index in [0.717, 1.165) is 12.8 Å². The Hall–Kier alpha value is -0.920. The Bertz CT molecular complexity index is 360. The van der Waals surface area contributed by atoms with Gasteiger partial charge in [-0.05, 0) is 12.8 Å². The van der Waals surface area contributed by atoms with Crippen molar-refractivity contribution in [3.63, 3.8) is 0 Å². The van der Waals surface area contributed by atoms with Gasteiger partial charge in [0.1, 0.15) is 4.90 Å². The van der Waals surface area contributed by atoms with E-state index in [-0.39, 0.29) is 4.90 Å². The highest BCUT2D eigenvalue weighted by atomic mass is 32.2. The van der Waals surface area contributed by atoms with Crippen LogP contribution in [0.15, 0.2) is 17.3 Å². The molecule has 0 aliphatic heterocycles. The van der Waals surface area contributed by atoms with Crippen LogP contribution in [0.5, 0.6) is 0 Å². The van der Waals surface area contributed by atoms with Crippen molar-refractivity contribution in [1.29, 1.82) is 0 Å². The first-order valence-corrected chi connectivity index (χ1v) is 6.12. The zero-order valence-electron chi connectivity index (χ0n) is 8.56. The zero-order valence-corrected chi connectivity index (χ0v) is 9.38. The number of sulfonamides is 1. The fourth-order valence-electron chi connectivity index (χ4n) is 1.05. The average molecular weight is 233 g/mol. The van der Waals surface area contributed by atoms with Crippen LogP contribution in [-0.2, 0) is 14.8 Å². The summed E-state index contributed by atoms with van der Waals surface area (Å²) in [5.74, 6) is 0. The van der Waals surface area contributed by atoms with Crippen LogP contribution in [0.3, 0.4) is 0 Å². The molecule has 15 heavy (non-hydrogen) atoms. The normalized spacial score (nSPS) is 11.8. The highest BCUT2D eigenvalue weighted by molar-refractivity contribution is 7.89. The predicted molar refractivity (Wildman–Crippen MR) is 54.9 cm³/mol. The second kappa shape index (κ2) is 5.84. The lowest BCUT2D eigenvalue weighted by Crippen LogP contribution is -2.24. The van der Waals surface area contributed by atoms with Gasteiger partial charge in [-0.2, -0.15) is 5.10 Å². The molecule has 0 amide bonds. The van der Waals surface area contributed by atoms with Crippen molar-refractivity contribution >= 4 is 10.0 Å². The fraction of sp³-hybridized carbons (Fsp3) is 0.625. The molecular weight excluding hydrogens is 218 g/mol. The Morgan fingerprint density at radius 1 is 1.53 bits per heavy atom. The second-order valence-corrected chi connectivity index (χ2v) is 4.80. The molecule has 0 aliphatic rings. The maximum atomic E-state index is 11.5. The highest BCUT2D eigenvalue weighted by Crippen LogP contribution is 2.03. The SMILES string of the molecule is COCCCCNS(=O)(=O)c1cn[nH]c1. The van der Waals surface area contributed by atoms with Crippen molar-refractivity contribution in [3.8, 4) is 0 Å². The van der Waals surface area contributed by atoms with Gasteiger partial charge in [-0.25, -0.2) is 13.1 Å². The van der Waals surface area contributed by atoms with Crippen molar-refractivity contribution in [2.75, 3.05) is 20.3 Å². The van der Waals surface area contributed by atoms with Crippen LogP contribution in [0.2, 0.25) is 0 Å². The first-order valence-electron chi connectivity index (χ1n) is 4.64. The highest BCUT2D eigenvalue weighted by Gasteiger charge is 2.13. The fourth-order valence-corrected chi connectivity index (χ4v) is 2.03. The molecule has 0 saturated heterocycles. The summed E-state index contributed by atoms with van der Waals surface area (Å²) in [7, 11) is -1.77. The van der Waals surface area contributed by atoms with E-state index >= 15 is 0 Å². The molecule has 0 saturated carbocycles. The lowest BCUT2D eigenvalue weighted by Gasteiger charge is -2.03. The maximum absolute atomic E-state index is 11.5. The number of ether oxygens (including phenoxy) is 1. The van der Waals surface area contributed by atoms with Crippen molar-refractivity contribution in [1.82, 2.24) is 14.9 Å². The number of methoxy groups -OCH3 is 1. The minimum Gasteiger partial charge on any atom is -0.385 e. The summed E-state index contributed by atoms with van der Waals surface area (Å²) >= 11 is 0. The monoisotopic (exact) mass is 233 g/mol. The second-order valence-electron chi connectivity index (χ2n) is 3.03. The van der Waals surface area contributed by atoms with Gasteiger partial charge in [0.2, 0.25) is 10.0 Å². The third kappa shape index (κ3) is 3.98. The molecule has 0 atom stereocenters. The molecule has 2 N–H and O–H groups in total. The van der Waals surface area contributed by atoms with Gasteiger partial charge in [-0.3, -0.25) is 5.10 Å². The van der Waals surface area contributed by atoms with E-state index in [0.29, 0.717) is 13.2 Å². The topological polar surface area (TPSA) is 84.1 Å². The molecule has 6 nitrogen and oxygen atoms in total. The van der Waals surface area contributed by atoms with Crippen molar-refractivity contribution in [3.05, 3.63) is 12.4 Å². The van der Waals surface area contributed by atoms with Gasteiger partial charge in [0.05, 0.1) is 6.20 Å². The van der Waals surface area contributed by atoms with Gasteiger partial charge in [0, 0.05) is 26.5 Å². The summed E-state index contributed by atoms with van der Waals surface area (Å²) < 4.78 is 30.4. The van der Waals surface area contributed by atoms with E-state index in [1.54, 1.807) is 7.11 Å². The van der Waals surface area contributed by atoms with Gasteiger partial charge in [-0.1, -0.05) is 0 Å². The summed E-state index contributed by atoms with van der Waals surface area (Å²) in [4.78, 5) is 0.161. The summed E-state index contributed by atoms with van der Waals surface area (Å²) in [6.07, 6.45) is 4.21. The molecule has 86 valence electrons. The maximum Gasteiger partial charge on any atom is 0.243 e.